The van der Waals surface area contributed by atoms with Crippen LogP contribution in [0.5, 0.6) is 0 Å². The van der Waals surface area contributed by atoms with Crippen molar-refractivity contribution in [3.05, 3.63) is 23.0 Å². The van der Waals surface area contributed by atoms with Crippen LogP contribution in [-0.2, 0) is 11.3 Å². The Balaban J connectivity index is 1.48. The van der Waals surface area contributed by atoms with Crippen molar-refractivity contribution in [3.63, 3.8) is 0 Å². The summed E-state index contributed by atoms with van der Waals surface area (Å²) in [6.07, 6.45) is 6.95. The third-order valence-corrected chi connectivity index (χ3v) is 5.86. The number of carbonyl (C=O) groups excluding carboxylic acids is 1. The standard InChI is InChI=1S/C18H26N4OS/c1-12(2)17(23)19-14-4-3-7-21(10-14)11-15-16(13-5-6-13)20-18-22(15)8-9-24-18/h8-9,12-14H,3-7,10-11H2,1-2H3,(H,19,23). The van der Waals surface area contributed by atoms with E-state index in [0.717, 1.165) is 37.4 Å². The lowest BCUT2D eigenvalue weighted by atomic mass is 10.0. The molecule has 5 nitrogen and oxygen atoms in total. The molecule has 1 saturated heterocycles. The molecule has 4 rings (SSSR count). The summed E-state index contributed by atoms with van der Waals surface area (Å²) in [6.45, 7) is 6.90. The fourth-order valence-corrected chi connectivity index (χ4v) is 4.33. The van der Waals surface area contributed by atoms with Crippen LogP contribution >= 0.6 is 11.3 Å². The van der Waals surface area contributed by atoms with E-state index >= 15 is 0 Å². The van der Waals surface area contributed by atoms with Crippen LogP contribution in [0.15, 0.2) is 11.6 Å². The minimum absolute atomic E-state index is 0.0575. The van der Waals surface area contributed by atoms with Crippen molar-refractivity contribution in [1.29, 1.82) is 0 Å². The van der Waals surface area contributed by atoms with Gasteiger partial charge in [-0.15, -0.1) is 11.3 Å². The Morgan fingerprint density at radius 1 is 1.42 bits per heavy atom. The Kier molecular flexibility index (Phi) is 4.35. The van der Waals surface area contributed by atoms with E-state index in [1.54, 1.807) is 11.3 Å². The Bertz CT molecular complexity index is 731. The molecule has 0 aromatic carbocycles. The van der Waals surface area contributed by atoms with Crippen LogP contribution in [0, 0.1) is 5.92 Å². The number of piperidine rings is 1. The molecule has 1 atom stereocenters. The number of likely N-dealkylation sites (tertiary alicyclic amines) is 1. The third-order valence-electron chi connectivity index (χ3n) is 5.11. The largest absolute Gasteiger partial charge is 0.352 e. The summed E-state index contributed by atoms with van der Waals surface area (Å²) in [5.74, 6) is 0.903. The van der Waals surface area contributed by atoms with Gasteiger partial charge >= 0.3 is 0 Å². The van der Waals surface area contributed by atoms with Crippen LogP contribution in [0.25, 0.3) is 4.96 Å². The molecule has 2 aromatic rings. The minimum atomic E-state index is 0.0575. The highest BCUT2D eigenvalue weighted by atomic mass is 32.1. The molecule has 6 heteroatoms. The van der Waals surface area contributed by atoms with Crippen molar-refractivity contribution in [1.82, 2.24) is 19.6 Å². The highest BCUT2D eigenvalue weighted by Crippen LogP contribution is 2.42. The number of carbonyl (C=O) groups is 1. The van der Waals surface area contributed by atoms with Gasteiger partial charge in [0.05, 0.1) is 11.4 Å². The number of nitrogens with one attached hydrogen (secondary N) is 1. The topological polar surface area (TPSA) is 49.6 Å². The summed E-state index contributed by atoms with van der Waals surface area (Å²) >= 11 is 1.72. The number of imidazole rings is 1. The molecular formula is C18H26N4OS. The molecular weight excluding hydrogens is 320 g/mol. The van der Waals surface area contributed by atoms with E-state index in [9.17, 15) is 4.79 Å². The van der Waals surface area contributed by atoms with Crippen LogP contribution in [0.3, 0.4) is 0 Å². The van der Waals surface area contributed by atoms with Crippen LogP contribution in [-0.4, -0.2) is 39.3 Å². The number of thiazole rings is 1. The number of hydrogen-bond acceptors (Lipinski definition) is 4. The van der Waals surface area contributed by atoms with Crippen molar-refractivity contribution < 1.29 is 4.79 Å². The van der Waals surface area contributed by atoms with Gasteiger partial charge < -0.3 is 5.32 Å². The van der Waals surface area contributed by atoms with Gasteiger partial charge in [0, 0.05) is 42.5 Å². The van der Waals surface area contributed by atoms with Crippen molar-refractivity contribution in [2.45, 2.75) is 58.0 Å². The number of hydrogen-bond donors (Lipinski definition) is 1. The van der Waals surface area contributed by atoms with E-state index < -0.39 is 0 Å². The second kappa shape index (κ2) is 6.48. The van der Waals surface area contributed by atoms with E-state index in [1.165, 1.54) is 24.2 Å². The molecule has 130 valence electrons. The van der Waals surface area contributed by atoms with Gasteiger partial charge in [0.25, 0.3) is 0 Å². The summed E-state index contributed by atoms with van der Waals surface area (Å²) in [4.78, 5) is 20.5. The third kappa shape index (κ3) is 3.22. The predicted molar refractivity (Wildman–Crippen MR) is 96.3 cm³/mol. The molecule has 1 unspecified atom stereocenters. The Hall–Kier alpha value is -1.40. The van der Waals surface area contributed by atoms with Crippen LogP contribution in [0.1, 0.15) is 56.8 Å². The molecule has 0 radical (unpaired) electrons. The quantitative estimate of drug-likeness (QED) is 0.905. The number of nitrogens with zero attached hydrogens (tertiary/aromatic N) is 3. The maximum absolute atomic E-state index is 12.0. The second-order valence-electron chi connectivity index (χ2n) is 7.51. The Labute approximate surface area is 147 Å². The van der Waals surface area contributed by atoms with E-state index in [4.69, 9.17) is 4.98 Å². The maximum Gasteiger partial charge on any atom is 0.222 e. The van der Waals surface area contributed by atoms with E-state index in [0.29, 0.717) is 5.92 Å². The molecule has 2 aliphatic rings. The monoisotopic (exact) mass is 346 g/mol. The average Bonchev–Trinajstić information content (AvgIpc) is 3.20. The summed E-state index contributed by atoms with van der Waals surface area (Å²) in [7, 11) is 0. The SMILES string of the molecule is CC(C)C(=O)NC1CCCN(Cc2c(C3CC3)nc3sccn23)C1. The molecule has 3 heterocycles. The first-order chi connectivity index (χ1) is 11.6. The van der Waals surface area contributed by atoms with E-state index in [1.807, 2.05) is 13.8 Å². The second-order valence-corrected chi connectivity index (χ2v) is 8.38. The minimum Gasteiger partial charge on any atom is -0.352 e. The number of fused-ring (bicyclic) bond motifs is 1. The zero-order chi connectivity index (χ0) is 16.7. The van der Waals surface area contributed by atoms with E-state index in [2.05, 4.69) is 26.2 Å². The number of amides is 1. The van der Waals surface area contributed by atoms with Gasteiger partial charge in [0.2, 0.25) is 5.91 Å². The zero-order valence-corrected chi connectivity index (χ0v) is 15.3. The lowest BCUT2D eigenvalue weighted by Crippen LogP contribution is -2.48. The van der Waals surface area contributed by atoms with Gasteiger partial charge in [-0.25, -0.2) is 4.98 Å². The molecule has 1 N–H and O–H groups in total. The molecule has 2 fully saturated rings. The van der Waals surface area contributed by atoms with Crippen LogP contribution in [0.2, 0.25) is 0 Å². The van der Waals surface area contributed by atoms with Gasteiger partial charge in [-0.1, -0.05) is 13.8 Å². The zero-order valence-electron chi connectivity index (χ0n) is 14.5. The molecule has 24 heavy (non-hydrogen) atoms. The fourth-order valence-electron chi connectivity index (χ4n) is 3.59. The maximum atomic E-state index is 12.0. The van der Waals surface area contributed by atoms with Gasteiger partial charge in [-0.2, -0.15) is 0 Å². The molecule has 1 amide bonds. The number of rotatable bonds is 5. The summed E-state index contributed by atoms with van der Waals surface area (Å²) in [5, 5.41) is 5.32. The van der Waals surface area contributed by atoms with Crippen molar-refractivity contribution in [2.24, 2.45) is 5.92 Å². The lowest BCUT2D eigenvalue weighted by Gasteiger charge is -2.33. The predicted octanol–water partition coefficient (Wildman–Crippen LogP) is 3.01. The van der Waals surface area contributed by atoms with Crippen LogP contribution in [0.4, 0.5) is 0 Å². The Morgan fingerprint density at radius 3 is 3.00 bits per heavy atom. The first-order valence-corrected chi connectivity index (χ1v) is 9.97. The molecule has 0 spiro atoms. The van der Waals surface area contributed by atoms with Crippen molar-refractivity contribution >= 4 is 22.2 Å². The molecule has 2 aromatic heterocycles. The molecule has 1 saturated carbocycles. The van der Waals surface area contributed by atoms with Crippen LogP contribution < -0.4 is 5.32 Å². The normalized spacial score (nSPS) is 22.4. The smallest absolute Gasteiger partial charge is 0.222 e. The average molecular weight is 346 g/mol. The highest BCUT2D eigenvalue weighted by Gasteiger charge is 2.31. The summed E-state index contributed by atoms with van der Waals surface area (Å²) in [6, 6.07) is 0.281. The highest BCUT2D eigenvalue weighted by molar-refractivity contribution is 7.15. The first-order valence-electron chi connectivity index (χ1n) is 9.09. The van der Waals surface area contributed by atoms with Crippen molar-refractivity contribution in [2.75, 3.05) is 13.1 Å². The van der Waals surface area contributed by atoms with Gasteiger partial charge in [-0.3, -0.25) is 14.1 Å². The van der Waals surface area contributed by atoms with Crippen molar-refractivity contribution in [3.8, 4) is 0 Å². The summed E-state index contributed by atoms with van der Waals surface area (Å²) < 4.78 is 2.27. The van der Waals surface area contributed by atoms with Gasteiger partial charge in [-0.05, 0) is 32.2 Å². The molecule has 1 aliphatic heterocycles. The number of aromatic nitrogens is 2. The van der Waals surface area contributed by atoms with Gasteiger partial charge in [0.1, 0.15) is 0 Å². The van der Waals surface area contributed by atoms with E-state index in [-0.39, 0.29) is 17.9 Å². The molecule has 1 aliphatic carbocycles. The fraction of sp³-hybridized carbons (Fsp3) is 0.667. The Morgan fingerprint density at radius 2 is 2.25 bits per heavy atom. The lowest BCUT2D eigenvalue weighted by molar-refractivity contribution is -0.125. The summed E-state index contributed by atoms with van der Waals surface area (Å²) in [5.41, 5.74) is 2.68. The first kappa shape index (κ1) is 16.1. The van der Waals surface area contributed by atoms with Gasteiger partial charge in [0.15, 0.2) is 4.96 Å². The molecule has 0 bridgehead atoms.